The fourth-order valence-corrected chi connectivity index (χ4v) is 2.22. The van der Waals surface area contributed by atoms with Gasteiger partial charge in [-0.05, 0) is 22.5 Å². The topological polar surface area (TPSA) is 26.0 Å². The molecule has 2 rings (SSSR count). The Balaban J connectivity index is 2.78. The zero-order valence-corrected chi connectivity index (χ0v) is 13.2. The second-order valence-electron chi connectivity index (χ2n) is 7.33. The lowest BCUT2D eigenvalue weighted by molar-refractivity contribution is 0.515. The molecule has 1 heterocycles. The summed E-state index contributed by atoms with van der Waals surface area (Å²) in [5.74, 6) is 0.826. The normalized spacial score (nSPS) is 13.2. The van der Waals surface area contributed by atoms with E-state index < -0.39 is 0 Å². The van der Waals surface area contributed by atoms with Gasteiger partial charge in [0, 0.05) is 12.0 Å². The highest BCUT2D eigenvalue weighted by Gasteiger charge is 2.24. The SMILES string of the molecule is CCc1nc2cc(C(C)(C)C)cc(C(C)(C)C)c2o1. The van der Waals surface area contributed by atoms with Crippen molar-refractivity contribution in [1.29, 1.82) is 0 Å². The maximum atomic E-state index is 5.93. The van der Waals surface area contributed by atoms with Crippen LogP contribution in [0.4, 0.5) is 0 Å². The first kappa shape index (κ1) is 14.1. The molecule has 0 spiro atoms. The third-order valence-electron chi connectivity index (χ3n) is 3.51. The molecule has 104 valence electrons. The second kappa shape index (κ2) is 4.36. The molecule has 1 aromatic heterocycles. The summed E-state index contributed by atoms with van der Waals surface area (Å²) in [6, 6.07) is 4.46. The van der Waals surface area contributed by atoms with Gasteiger partial charge in [-0.25, -0.2) is 4.98 Å². The van der Waals surface area contributed by atoms with Crippen LogP contribution in [-0.4, -0.2) is 4.98 Å². The molecule has 19 heavy (non-hydrogen) atoms. The molecule has 0 fully saturated rings. The van der Waals surface area contributed by atoms with Crippen molar-refractivity contribution in [2.24, 2.45) is 0 Å². The van der Waals surface area contributed by atoms with Crippen LogP contribution in [0.25, 0.3) is 11.1 Å². The van der Waals surface area contributed by atoms with Crippen molar-refractivity contribution >= 4 is 11.1 Å². The number of nitrogens with zero attached hydrogens (tertiary/aromatic N) is 1. The predicted octanol–water partition coefficient (Wildman–Crippen LogP) is 4.99. The Morgan fingerprint density at radius 1 is 1.00 bits per heavy atom. The standard InChI is InChI=1S/C17H25NO/c1-8-14-18-13-10-11(16(2,3)4)9-12(15(13)19-14)17(5,6)7/h9-10H,8H2,1-7H3. The van der Waals surface area contributed by atoms with Gasteiger partial charge in [-0.3, -0.25) is 0 Å². The van der Waals surface area contributed by atoms with Crippen molar-refractivity contribution in [3.05, 3.63) is 29.2 Å². The summed E-state index contributed by atoms with van der Waals surface area (Å²) in [6.07, 6.45) is 0.836. The Kier molecular flexibility index (Phi) is 3.24. The predicted molar refractivity (Wildman–Crippen MR) is 80.8 cm³/mol. The van der Waals surface area contributed by atoms with Crippen LogP contribution in [-0.2, 0) is 17.3 Å². The van der Waals surface area contributed by atoms with Crippen LogP contribution < -0.4 is 0 Å². The van der Waals surface area contributed by atoms with E-state index in [-0.39, 0.29) is 10.8 Å². The first-order valence-corrected chi connectivity index (χ1v) is 7.07. The number of rotatable bonds is 1. The number of aromatic nitrogens is 1. The van der Waals surface area contributed by atoms with Crippen molar-refractivity contribution < 1.29 is 4.42 Å². The van der Waals surface area contributed by atoms with E-state index in [0.717, 1.165) is 23.4 Å². The molecule has 0 N–H and O–H groups in total. The molecule has 2 nitrogen and oxygen atoms in total. The van der Waals surface area contributed by atoms with E-state index in [1.54, 1.807) is 0 Å². The Morgan fingerprint density at radius 3 is 2.11 bits per heavy atom. The van der Waals surface area contributed by atoms with E-state index in [9.17, 15) is 0 Å². The smallest absolute Gasteiger partial charge is 0.195 e. The minimum atomic E-state index is 0.0596. The quantitative estimate of drug-likeness (QED) is 0.721. The number of hydrogen-bond acceptors (Lipinski definition) is 2. The second-order valence-corrected chi connectivity index (χ2v) is 7.33. The molecule has 0 aliphatic heterocycles. The average Bonchev–Trinajstić information content (AvgIpc) is 2.67. The van der Waals surface area contributed by atoms with Crippen molar-refractivity contribution in [2.45, 2.75) is 65.7 Å². The lowest BCUT2D eigenvalue weighted by Gasteiger charge is -2.24. The van der Waals surface area contributed by atoms with E-state index in [1.807, 2.05) is 0 Å². The maximum Gasteiger partial charge on any atom is 0.195 e. The maximum absolute atomic E-state index is 5.93. The minimum absolute atomic E-state index is 0.0596. The van der Waals surface area contributed by atoms with Gasteiger partial charge in [0.05, 0.1) is 0 Å². The summed E-state index contributed by atoms with van der Waals surface area (Å²) in [5, 5.41) is 0. The van der Waals surface area contributed by atoms with Crippen molar-refractivity contribution in [3.8, 4) is 0 Å². The minimum Gasteiger partial charge on any atom is -0.440 e. The zero-order chi connectivity index (χ0) is 14.4. The molecule has 0 unspecified atom stereocenters. The van der Waals surface area contributed by atoms with Gasteiger partial charge in [-0.2, -0.15) is 0 Å². The number of oxazole rings is 1. The first-order chi connectivity index (χ1) is 8.63. The molecular formula is C17H25NO. The third kappa shape index (κ3) is 2.68. The number of benzene rings is 1. The van der Waals surface area contributed by atoms with Crippen molar-refractivity contribution in [1.82, 2.24) is 4.98 Å². The lowest BCUT2D eigenvalue weighted by Crippen LogP contribution is -2.16. The summed E-state index contributed by atoms with van der Waals surface area (Å²) in [7, 11) is 0. The van der Waals surface area contributed by atoms with Gasteiger partial charge >= 0.3 is 0 Å². The molecule has 2 heteroatoms. The monoisotopic (exact) mass is 259 g/mol. The summed E-state index contributed by atoms with van der Waals surface area (Å²) >= 11 is 0. The molecular weight excluding hydrogens is 234 g/mol. The van der Waals surface area contributed by atoms with Crippen LogP contribution in [0.5, 0.6) is 0 Å². The van der Waals surface area contributed by atoms with Crippen LogP contribution in [0.15, 0.2) is 16.5 Å². The van der Waals surface area contributed by atoms with Gasteiger partial charge in [-0.15, -0.1) is 0 Å². The van der Waals surface area contributed by atoms with Gasteiger partial charge in [0.1, 0.15) is 5.52 Å². The van der Waals surface area contributed by atoms with Gasteiger partial charge in [0.2, 0.25) is 0 Å². The molecule has 0 saturated heterocycles. The van der Waals surface area contributed by atoms with Crippen molar-refractivity contribution in [3.63, 3.8) is 0 Å². The Morgan fingerprint density at radius 2 is 1.63 bits per heavy atom. The fraction of sp³-hybridized carbons (Fsp3) is 0.588. The number of hydrogen-bond donors (Lipinski definition) is 0. The summed E-state index contributed by atoms with van der Waals surface area (Å²) in [4.78, 5) is 4.61. The Bertz CT molecular complexity index is 594. The van der Waals surface area contributed by atoms with Crippen LogP contribution in [0.2, 0.25) is 0 Å². The first-order valence-electron chi connectivity index (χ1n) is 7.07. The van der Waals surface area contributed by atoms with Gasteiger partial charge in [0.25, 0.3) is 0 Å². The van der Waals surface area contributed by atoms with E-state index in [2.05, 4.69) is 65.6 Å². The van der Waals surface area contributed by atoms with Crippen LogP contribution >= 0.6 is 0 Å². The largest absolute Gasteiger partial charge is 0.440 e. The average molecular weight is 259 g/mol. The molecule has 0 saturated carbocycles. The molecule has 2 aromatic rings. The molecule has 0 aliphatic carbocycles. The molecule has 1 aromatic carbocycles. The van der Waals surface area contributed by atoms with Gasteiger partial charge < -0.3 is 4.42 Å². The van der Waals surface area contributed by atoms with Gasteiger partial charge in [0.15, 0.2) is 11.5 Å². The molecule has 0 atom stereocenters. The van der Waals surface area contributed by atoms with E-state index >= 15 is 0 Å². The highest BCUT2D eigenvalue weighted by atomic mass is 16.3. The zero-order valence-electron chi connectivity index (χ0n) is 13.2. The highest BCUT2D eigenvalue weighted by molar-refractivity contribution is 5.79. The Hall–Kier alpha value is -1.31. The van der Waals surface area contributed by atoms with Crippen LogP contribution in [0, 0.1) is 0 Å². The number of aryl methyl sites for hydroxylation is 1. The number of fused-ring (bicyclic) bond motifs is 1. The lowest BCUT2D eigenvalue weighted by atomic mass is 9.80. The van der Waals surface area contributed by atoms with E-state index in [1.165, 1.54) is 11.1 Å². The van der Waals surface area contributed by atoms with E-state index in [4.69, 9.17) is 4.42 Å². The molecule has 0 aliphatic rings. The van der Waals surface area contributed by atoms with Crippen molar-refractivity contribution in [2.75, 3.05) is 0 Å². The van der Waals surface area contributed by atoms with Crippen LogP contribution in [0.1, 0.15) is 65.5 Å². The Labute approximate surface area is 116 Å². The van der Waals surface area contributed by atoms with E-state index in [0.29, 0.717) is 0 Å². The van der Waals surface area contributed by atoms with Gasteiger partial charge in [-0.1, -0.05) is 54.5 Å². The van der Waals surface area contributed by atoms with Crippen LogP contribution in [0.3, 0.4) is 0 Å². The summed E-state index contributed by atoms with van der Waals surface area (Å²) in [5.41, 5.74) is 4.71. The highest BCUT2D eigenvalue weighted by Crippen LogP contribution is 2.35. The summed E-state index contributed by atoms with van der Waals surface area (Å²) in [6.45, 7) is 15.5. The molecule has 0 radical (unpaired) electrons. The summed E-state index contributed by atoms with van der Waals surface area (Å²) < 4.78 is 5.93. The third-order valence-corrected chi connectivity index (χ3v) is 3.51. The molecule has 0 bridgehead atoms. The molecule has 0 amide bonds. The fourth-order valence-electron chi connectivity index (χ4n) is 2.22.